The Morgan fingerprint density at radius 3 is 2.67 bits per heavy atom. The molecule has 1 aliphatic carbocycles. The van der Waals surface area contributed by atoms with Crippen molar-refractivity contribution in [3.63, 3.8) is 0 Å². The fraction of sp³-hybridized carbons (Fsp3) is 0.600. The molecule has 18 heavy (non-hydrogen) atoms. The predicted octanol–water partition coefficient (Wildman–Crippen LogP) is 3.91. The number of ether oxygens (including phenoxy) is 2. The Kier molecular flexibility index (Phi) is 3.49. The number of hydrogen-bond donors (Lipinski definition) is 0. The molecule has 0 bridgehead atoms. The van der Waals surface area contributed by atoms with Gasteiger partial charge in [0, 0.05) is 18.7 Å². The van der Waals surface area contributed by atoms with Crippen LogP contribution in [0.4, 0.5) is 0 Å². The lowest BCUT2D eigenvalue weighted by molar-refractivity contribution is -0.153. The number of rotatable bonds is 3. The first-order valence-corrected chi connectivity index (χ1v) is 7.29. The molecule has 1 heterocycles. The fourth-order valence-corrected chi connectivity index (χ4v) is 3.03. The van der Waals surface area contributed by atoms with Crippen molar-refractivity contribution in [1.29, 1.82) is 0 Å². The van der Waals surface area contributed by atoms with Crippen LogP contribution in [0.5, 0.6) is 5.75 Å². The topological polar surface area (TPSA) is 18.5 Å². The summed E-state index contributed by atoms with van der Waals surface area (Å²) in [5.41, 5.74) is 1.28. The maximum Gasteiger partial charge on any atom is 0.119 e. The van der Waals surface area contributed by atoms with E-state index >= 15 is 0 Å². The summed E-state index contributed by atoms with van der Waals surface area (Å²) in [4.78, 5) is 0. The van der Waals surface area contributed by atoms with Crippen LogP contribution in [0.3, 0.4) is 0 Å². The van der Waals surface area contributed by atoms with E-state index in [0.717, 1.165) is 30.8 Å². The van der Waals surface area contributed by atoms with Gasteiger partial charge in [-0.05, 0) is 37.0 Å². The van der Waals surface area contributed by atoms with Gasteiger partial charge >= 0.3 is 0 Å². The molecule has 1 aromatic carbocycles. The fourth-order valence-electron chi connectivity index (χ4n) is 2.85. The smallest absolute Gasteiger partial charge is 0.119 e. The third kappa shape index (κ3) is 2.50. The Morgan fingerprint density at radius 1 is 1.28 bits per heavy atom. The summed E-state index contributed by atoms with van der Waals surface area (Å²) in [5, 5.41) is 0. The number of halogens is 1. The van der Waals surface area contributed by atoms with Crippen molar-refractivity contribution in [2.24, 2.45) is 0 Å². The van der Waals surface area contributed by atoms with Gasteiger partial charge in [0.2, 0.25) is 0 Å². The van der Waals surface area contributed by atoms with Gasteiger partial charge in [-0.25, -0.2) is 0 Å². The average molecular weight is 267 g/mol. The van der Waals surface area contributed by atoms with E-state index in [1.165, 1.54) is 19.3 Å². The standard InChI is InChI=1S/C15H19ClO2/c16-11-12-2-4-13(5-3-12)18-14-6-9-17-15(10-14)7-1-8-15/h2-5,14H,1,6-11H2. The van der Waals surface area contributed by atoms with Crippen LogP contribution < -0.4 is 4.74 Å². The average Bonchev–Trinajstić information content (AvgIpc) is 2.38. The van der Waals surface area contributed by atoms with Crippen LogP contribution in [-0.4, -0.2) is 18.3 Å². The molecule has 1 aliphatic heterocycles. The van der Waals surface area contributed by atoms with Crippen LogP contribution in [0, 0.1) is 0 Å². The van der Waals surface area contributed by atoms with Gasteiger partial charge in [0.1, 0.15) is 11.9 Å². The highest BCUT2D eigenvalue weighted by molar-refractivity contribution is 6.17. The van der Waals surface area contributed by atoms with Gasteiger partial charge in [0.05, 0.1) is 12.2 Å². The summed E-state index contributed by atoms with van der Waals surface area (Å²) in [6.45, 7) is 0.838. The molecule has 1 atom stereocenters. The molecule has 0 aromatic heterocycles. The molecule has 0 amide bonds. The van der Waals surface area contributed by atoms with E-state index in [1.54, 1.807) is 0 Å². The quantitative estimate of drug-likeness (QED) is 0.773. The summed E-state index contributed by atoms with van der Waals surface area (Å²) in [5.74, 6) is 1.51. The van der Waals surface area contributed by atoms with Crippen molar-refractivity contribution in [2.75, 3.05) is 6.61 Å². The Morgan fingerprint density at radius 2 is 2.06 bits per heavy atom. The minimum absolute atomic E-state index is 0.152. The first-order chi connectivity index (χ1) is 8.80. The molecule has 1 unspecified atom stereocenters. The molecule has 2 aliphatic rings. The maximum absolute atomic E-state index is 6.06. The lowest BCUT2D eigenvalue weighted by Crippen LogP contribution is -2.48. The van der Waals surface area contributed by atoms with Crippen molar-refractivity contribution in [2.45, 2.75) is 49.7 Å². The summed E-state index contributed by atoms with van der Waals surface area (Å²) in [6.07, 6.45) is 6.07. The minimum Gasteiger partial charge on any atom is -0.490 e. The van der Waals surface area contributed by atoms with Crippen LogP contribution in [0.2, 0.25) is 0 Å². The van der Waals surface area contributed by atoms with E-state index in [2.05, 4.69) is 0 Å². The Labute approximate surface area is 113 Å². The molecule has 0 N–H and O–H groups in total. The highest BCUT2D eigenvalue weighted by Gasteiger charge is 2.43. The van der Waals surface area contributed by atoms with E-state index in [1.807, 2.05) is 24.3 Å². The summed E-state index contributed by atoms with van der Waals surface area (Å²) in [6, 6.07) is 8.09. The highest BCUT2D eigenvalue weighted by atomic mass is 35.5. The first-order valence-electron chi connectivity index (χ1n) is 6.75. The van der Waals surface area contributed by atoms with Crippen molar-refractivity contribution in [3.8, 4) is 5.75 Å². The van der Waals surface area contributed by atoms with E-state index < -0.39 is 0 Å². The molecular formula is C15H19ClO2. The van der Waals surface area contributed by atoms with Crippen LogP contribution in [0.15, 0.2) is 24.3 Å². The number of benzene rings is 1. The third-order valence-electron chi connectivity index (χ3n) is 4.09. The van der Waals surface area contributed by atoms with Gasteiger partial charge in [-0.3, -0.25) is 0 Å². The van der Waals surface area contributed by atoms with Crippen LogP contribution >= 0.6 is 11.6 Å². The van der Waals surface area contributed by atoms with Crippen molar-refractivity contribution < 1.29 is 9.47 Å². The second kappa shape index (κ2) is 5.10. The Balaban J connectivity index is 1.61. The minimum atomic E-state index is 0.152. The SMILES string of the molecule is ClCc1ccc(OC2CCOC3(CCC3)C2)cc1. The second-order valence-electron chi connectivity index (χ2n) is 5.40. The van der Waals surface area contributed by atoms with Crippen LogP contribution in [0.25, 0.3) is 0 Å². The van der Waals surface area contributed by atoms with E-state index in [9.17, 15) is 0 Å². The normalized spacial score (nSPS) is 25.7. The molecule has 0 radical (unpaired) electrons. The zero-order valence-corrected chi connectivity index (χ0v) is 11.3. The monoisotopic (exact) mass is 266 g/mol. The lowest BCUT2D eigenvalue weighted by atomic mass is 9.74. The molecule has 3 heteroatoms. The van der Waals surface area contributed by atoms with E-state index in [-0.39, 0.29) is 5.60 Å². The molecule has 2 fully saturated rings. The second-order valence-corrected chi connectivity index (χ2v) is 5.66. The molecule has 1 saturated carbocycles. The van der Waals surface area contributed by atoms with Gasteiger partial charge in [0.25, 0.3) is 0 Å². The Bertz CT molecular complexity index is 397. The molecule has 98 valence electrons. The van der Waals surface area contributed by atoms with Crippen molar-refractivity contribution >= 4 is 11.6 Å². The van der Waals surface area contributed by atoms with Crippen molar-refractivity contribution in [3.05, 3.63) is 29.8 Å². The molecule has 1 saturated heterocycles. The lowest BCUT2D eigenvalue weighted by Gasteiger charge is -2.46. The zero-order chi connectivity index (χ0) is 12.4. The number of alkyl halides is 1. The molecule has 1 aromatic rings. The predicted molar refractivity (Wildman–Crippen MR) is 72.2 cm³/mol. The van der Waals surface area contributed by atoms with Gasteiger partial charge < -0.3 is 9.47 Å². The first kappa shape index (κ1) is 12.3. The molecule has 1 spiro atoms. The maximum atomic E-state index is 6.06. The van der Waals surface area contributed by atoms with E-state index in [0.29, 0.717) is 12.0 Å². The number of hydrogen-bond acceptors (Lipinski definition) is 2. The van der Waals surface area contributed by atoms with Crippen LogP contribution in [-0.2, 0) is 10.6 Å². The molecule has 3 rings (SSSR count). The largest absolute Gasteiger partial charge is 0.490 e. The van der Waals surface area contributed by atoms with Gasteiger partial charge in [0.15, 0.2) is 0 Å². The van der Waals surface area contributed by atoms with E-state index in [4.69, 9.17) is 21.1 Å². The molecule has 2 nitrogen and oxygen atoms in total. The van der Waals surface area contributed by atoms with Gasteiger partial charge in [-0.2, -0.15) is 0 Å². The third-order valence-corrected chi connectivity index (χ3v) is 4.40. The summed E-state index contributed by atoms with van der Waals surface area (Å²) in [7, 11) is 0. The highest BCUT2D eigenvalue weighted by Crippen LogP contribution is 2.43. The van der Waals surface area contributed by atoms with Crippen molar-refractivity contribution in [1.82, 2.24) is 0 Å². The zero-order valence-electron chi connectivity index (χ0n) is 10.5. The molecular weight excluding hydrogens is 248 g/mol. The summed E-state index contributed by atoms with van der Waals surface area (Å²) < 4.78 is 12.0. The Hall–Kier alpha value is -0.730. The van der Waals surface area contributed by atoms with Gasteiger partial charge in [-0.15, -0.1) is 11.6 Å². The summed E-state index contributed by atoms with van der Waals surface area (Å²) >= 11 is 5.78. The van der Waals surface area contributed by atoms with Gasteiger partial charge in [-0.1, -0.05) is 12.1 Å². The van der Waals surface area contributed by atoms with Crippen LogP contribution in [0.1, 0.15) is 37.7 Å².